The van der Waals surface area contributed by atoms with E-state index in [9.17, 15) is 9.90 Å². The number of nitrogen functional groups attached to an aromatic ring is 1. The Labute approximate surface area is 183 Å². The Kier molecular flexibility index (Phi) is 4.96. The number of carbonyl (C=O) groups excluding carboxylic acids is 1. The van der Waals surface area contributed by atoms with Crippen molar-refractivity contribution in [1.29, 1.82) is 0 Å². The maximum Gasteiger partial charge on any atom is 0.310 e. The molecule has 0 bridgehead atoms. The van der Waals surface area contributed by atoms with E-state index in [4.69, 9.17) is 24.7 Å². The van der Waals surface area contributed by atoms with Gasteiger partial charge in [-0.3, -0.25) is 9.36 Å². The first kappa shape index (κ1) is 20.6. The number of para-hydroxylation sites is 1. The topological polar surface area (TPSA) is 144 Å². The summed E-state index contributed by atoms with van der Waals surface area (Å²) >= 11 is 0. The van der Waals surface area contributed by atoms with E-state index in [2.05, 4.69) is 15.0 Å². The molecule has 0 saturated carbocycles. The number of imidazole rings is 1. The van der Waals surface area contributed by atoms with Gasteiger partial charge in [0.25, 0.3) is 0 Å². The quantitative estimate of drug-likeness (QED) is 0.556. The van der Waals surface area contributed by atoms with E-state index in [0.717, 1.165) is 0 Å². The molecule has 32 heavy (non-hydrogen) atoms. The highest BCUT2D eigenvalue weighted by molar-refractivity contribution is 5.81. The number of hydrogen-bond donors (Lipinski definition) is 2. The van der Waals surface area contributed by atoms with Crippen LogP contribution < -0.4 is 5.73 Å². The zero-order valence-corrected chi connectivity index (χ0v) is 17.5. The van der Waals surface area contributed by atoms with E-state index in [1.54, 1.807) is 29.1 Å². The van der Waals surface area contributed by atoms with Gasteiger partial charge in [0.15, 0.2) is 23.5 Å². The van der Waals surface area contributed by atoms with E-state index in [0.29, 0.717) is 16.7 Å². The molecule has 0 unspecified atom stereocenters. The third kappa shape index (κ3) is 3.64. The number of carbonyl (C=O) groups is 1. The molecular weight excluding hydrogens is 418 g/mol. The van der Waals surface area contributed by atoms with Crippen LogP contribution in [0.2, 0.25) is 0 Å². The third-order valence-electron chi connectivity index (χ3n) is 5.52. The highest BCUT2D eigenvalue weighted by Crippen LogP contribution is 2.43. The molecule has 2 fully saturated rings. The summed E-state index contributed by atoms with van der Waals surface area (Å²) in [6.07, 6.45) is 0.752. The van der Waals surface area contributed by atoms with Crippen molar-refractivity contribution < 1.29 is 28.8 Å². The standard InChI is InChI=1S/C21H23N5O6/c1-21(2)31-16-13(8-29-14(28)7-11-5-3-4-6-12(11)27)30-20(17(16)32-21)26-10-25-15-18(22)23-9-24-19(15)26/h3-6,9-10,13,16-17,20,27H,7-8H2,1-2H3,(H2,22,23,24)/t13-,16-,17-,20-/m1/s1. The van der Waals surface area contributed by atoms with Gasteiger partial charge in [0.2, 0.25) is 0 Å². The summed E-state index contributed by atoms with van der Waals surface area (Å²) in [5.74, 6) is -1.01. The first-order chi connectivity index (χ1) is 15.3. The number of anilines is 1. The van der Waals surface area contributed by atoms with Crippen LogP contribution in [-0.2, 0) is 30.2 Å². The summed E-state index contributed by atoms with van der Waals surface area (Å²) in [4.78, 5) is 24.9. The molecular formula is C21H23N5O6. The average Bonchev–Trinajstić information content (AvgIpc) is 3.40. The van der Waals surface area contributed by atoms with Gasteiger partial charge in [-0.25, -0.2) is 15.0 Å². The summed E-state index contributed by atoms with van der Waals surface area (Å²) < 4.78 is 25.5. The molecule has 0 amide bonds. The predicted molar refractivity (Wildman–Crippen MR) is 110 cm³/mol. The van der Waals surface area contributed by atoms with Gasteiger partial charge in [0, 0.05) is 5.56 Å². The van der Waals surface area contributed by atoms with E-state index in [1.807, 2.05) is 13.8 Å². The van der Waals surface area contributed by atoms with Crippen LogP contribution in [0.3, 0.4) is 0 Å². The number of rotatable bonds is 5. The number of benzene rings is 1. The molecule has 11 nitrogen and oxygen atoms in total. The monoisotopic (exact) mass is 441 g/mol. The number of fused-ring (bicyclic) bond motifs is 2. The Morgan fingerprint density at radius 2 is 2.00 bits per heavy atom. The zero-order chi connectivity index (χ0) is 22.5. The fraction of sp³-hybridized carbons (Fsp3) is 0.429. The summed E-state index contributed by atoms with van der Waals surface area (Å²) in [6, 6.07) is 6.63. The smallest absolute Gasteiger partial charge is 0.310 e. The highest BCUT2D eigenvalue weighted by Gasteiger charge is 2.56. The van der Waals surface area contributed by atoms with Crippen LogP contribution >= 0.6 is 0 Å². The van der Waals surface area contributed by atoms with Crippen molar-refractivity contribution in [2.45, 2.75) is 50.6 Å². The van der Waals surface area contributed by atoms with Crippen LogP contribution in [-0.4, -0.2) is 61.3 Å². The Bertz CT molecular complexity index is 1160. The van der Waals surface area contributed by atoms with Gasteiger partial charge in [-0.1, -0.05) is 18.2 Å². The molecule has 4 atom stereocenters. The Morgan fingerprint density at radius 3 is 2.81 bits per heavy atom. The van der Waals surface area contributed by atoms with E-state index < -0.39 is 36.3 Å². The van der Waals surface area contributed by atoms with Gasteiger partial charge < -0.3 is 29.8 Å². The average molecular weight is 441 g/mol. The molecule has 1 aromatic carbocycles. The number of phenolic OH excluding ortho intramolecular Hbond substituents is 1. The fourth-order valence-electron chi connectivity index (χ4n) is 4.12. The van der Waals surface area contributed by atoms with Gasteiger partial charge in [-0.15, -0.1) is 0 Å². The number of ether oxygens (including phenoxy) is 4. The van der Waals surface area contributed by atoms with Crippen molar-refractivity contribution >= 4 is 23.0 Å². The number of aromatic nitrogens is 4. The van der Waals surface area contributed by atoms with Crippen LogP contribution in [0.4, 0.5) is 5.82 Å². The fourth-order valence-corrected chi connectivity index (χ4v) is 4.12. The van der Waals surface area contributed by atoms with Crippen LogP contribution in [0.25, 0.3) is 11.2 Å². The molecule has 3 aromatic rings. The lowest BCUT2D eigenvalue weighted by Gasteiger charge is -2.24. The largest absolute Gasteiger partial charge is 0.508 e. The lowest BCUT2D eigenvalue weighted by Crippen LogP contribution is -2.33. The number of nitrogens with two attached hydrogens (primary N) is 1. The summed E-state index contributed by atoms with van der Waals surface area (Å²) in [5.41, 5.74) is 7.36. The number of nitrogens with zero attached hydrogens (tertiary/aromatic N) is 4. The van der Waals surface area contributed by atoms with Crippen LogP contribution in [0.15, 0.2) is 36.9 Å². The lowest BCUT2D eigenvalue weighted by atomic mass is 10.1. The summed E-state index contributed by atoms with van der Waals surface area (Å²) in [7, 11) is 0. The minimum Gasteiger partial charge on any atom is -0.508 e. The number of hydrogen-bond acceptors (Lipinski definition) is 10. The number of esters is 1. The van der Waals surface area contributed by atoms with E-state index in [1.165, 1.54) is 12.4 Å². The molecule has 0 aliphatic carbocycles. The normalized spacial score (nSPS) is 26.3. The van der Waals surface area contributed by atoms with Crippen molar-refractivity contribution in [2.24, 2.45) is 0 Å². The molecule has 11 heteroatoms. The number of aromatic hydroxyl groups is 1. The molecule has 168 valence electrons. The molecule has 0 radical (unpaired) electrons. The SMILES string of the molecule is CC1(C)O[C@@H]2[C@H](O1)[C@@H](COC(=O)Cc1ccccc1O)O[C@H]2n1cnc2c(N)ncnc21. The predicted octanol–water partition coefficient (Wildman–Crippen LogP) is 1.32. The third-order valence-corrected chi connectivity index (χ3v) is 5.52. The lowest BCUT2D eigenvalue weighted by molar-refractivity contribution is -0.202. The minimum absolute atomic E-state index is 0.0344. The van der Waals surface area contributed by atoms with Gasteiger partial charge in [-0.2, -0.15) is 0 Å². The molecule has 5 rings (SSSR count). The van der Waals surface area contributed by atoms with Gasteiger partial charge in [0.05, 0.1) is 12.7 Å². The van der Waals surface area contributed by atoms with Crippen LogP contribution in [0, 0.1) is 0 Å². The highest BCUT2D eigenvalue weighted by atomic mass is 16.8. The first-order valence-corrected chi connectivity index (χ1v) is 10.2. The van der Waals surface area contributed by atoms with Crippen molar-refractivity contribution in [3.63, 3.8) is 0 Å². The zero-order valence-electron chi connectivity index (χ0n) is 17.5. The van der Waals surface area contributed by atoms with Crippen molar-refractivity contribution in [3.8, 4) is 5.75 Å². The Balaban J connectivity index is 1.34. The van der Waals surface area contributed by atoms with Gasteiger partial charge in [0.1, 0.15) is 42.5 Å². The van der Waals surface area contributed by atoms with Gasteiger partial charge >= 0.3 is 5.97 Å². The Morgan fingerprint density at radius 1 is 1.22 bits per heavy atom. The number of phenols is 1. The maximum atomic E-state index is 12.4. The summed E-state index contributed by atoms with van der Waals surface area (Å²) in [5, 5.41) is 9.87. The van der Waals surface area contributed by atoms with Crippen LogP contribution in [0.5, 0.6) is 5.75 Å². The molecule has 3 N–H and O–H groups in total. The molecule has 2 aromatic heterocycles. The minimum atomic E-state index is -0.833. The molecule has 2 saturated heterocycles. The molecule has 2 aliphatic rings. The van der Waals surface area contributed by atoms with Crippen molar-refractivity contribution in [3.05, 3.63) is 42.5 Å². The van der Waals surface area contributed by atoms with Gasteiger partial charge in [-0.05, 0) is 19.9 Å². The molecule has 2 aliphatic heterocycles. The van der Waals surface area contributed by atoms with E-state index in [-0.39, 0.29) is 24.6 Å². The molecule has 0 spiro atoms. The van der Waals surface area contributed by atoms with E-state index >= 15 is 0 Å². The van der Waals surface area contributed by atoms with Crippen molar-refractivity contribution in [2.75, 3.05) is 12.3 Å². The Hall–Kier alpha value is -3.28. The molecule has 4 heterocycles. The second kappa shape index (κ2) is 7.69. The van der Waals surface area contributed by atoms with Crippen LogP contribution in [0.1, 0.15) is 25.6 Å². The second-order valence-corrected chi connectivity index (χ2v) is 8.20. The first-order valence-electron chi connectivity index (χ1n) is 10.2. The second-order valence-electron chi connectivity index (χ2n) is 8.20. The van der Waals surface area contributed by atoms with Crippen molar-refractivity contribution in [1.82, 2.24) is 19.5 Å². The maximum absolute atomic E-state index is 12.4. The summed E-state index contributed by atoms with van der Waals surface area (Å²) in [6.45, 7) is 3.60.